The summed E-state index contributed by atoms with van der Waals surface area (Å²) in [6.45, 7) is 1.43. The third kappa shape index (κ3) is 4.92. The lowest BCUT2D eigenvalue weighted by Gasteiger charge is -2.14. The molecule has 0 amide bonds. The van der Waals surface area contributed by atoms with Crippen LogP contribution in [0.15, 0.2) is 6.20 Å². The van der Waals surface area contributed by atoms with Crippen LogP contribution in [0, 0.1) is 6.92 Å². The van der Waals surface area contributed by atoms with Gasteiger partial charge in [0, 0.05) is 6.20 Å². The Morgan fingerprint density at radius 1 is 1.43 bits per heavy atom. The molecular weight excluding hydrogens is 296 g/mol. The molecule has 0 saturated heterocycles. The molecule has 1 heterocycles. The highest BCUT2D eigenvalue weighted by atomic mass is 19.3. The first-order valence-corrected chi connectivity index (χ1v) is 6.01. The zero-order valence-corrected chi connectivity index (χ0v) is 11.4. The molecule has 0 spiro atoms. The first-order valence-electron chi connectivity index (χ1n) is 6.01. The summed E-state index contributed by atoms with van der Waals surface area (Å²) in [5.41, 5.74) is 0.418. The molecule has 0 aromatic carbocycles. The highest BCUT2D eigenvalue weighted by Gasteiger charge is 2.41. The van der Waals surface area contributed by atoms with Crippen molar-refractivity contribution in [1.82, 2.24) is 9.97 Å². The fourth-order valence-corrected chi connectivity index (χ4v) is 1.34. The molecule has 0 fully saturated rings. The molecule has 0 aliphatic heterocycles. The van der Waals surface area contributed by atoms with Gasteiger partial charge in [-0.25, -0.2) is 23.5 Å². The summed E-state index contributed by atoms with van der Waals surface area (Å²) in [7, 11) is 0. The van der Waals surface area contributed by atoms with Gasteiger partial charge in [-0.15, -0.1) is 0 Å². The SMILES string of the molecule is CCOC(=O)c1cnc(COCC(F)(F)C(F)F)nc1C. The van der Waals surface area contributed by atoms with Gasteiger partial charge in [0.1, 0.15) is 13.2 Å². The Balaban J connectivity index is 2.62. The van der Waals surface area contributed by atoms with E-state index in [1.807, 2.05) is 0 Å². The predicted octanol–water partition coefficient (Wildman–Crippen LogP) is 2.38. The maximum Gasteiger partial charge on any atom is 0.341 e. The van der Waals surface area contributed by atoms with Crippen molar-refractivity contribution in [3.05, 3.63) is 23.3 Å². The van der Waals surface area contributed by atoms with Crippen molar-refractivity contribution in [2.45, 2.75) is 32.8 Å². The number of hydrogen-bond acceptors (Lipinski definition) is 5. The van der Waals surface area contributed by atoms with Crippen LogP contribution >= 0.6 is 0 Å². The summed E-state index contributed by atoms with van der Waals surface area (Å²) in [5.74, 6) is -4.82. The number of alkyl halides is 4. The molecule has 0 radical (unpaired) electrons. The summed E-state index contributed by atoms with van der Waals surface area (Å²) in [4.78, 5) is 19.1. The first-order chi connectivity index (χ1) is 9.77. The van der Waals surface area contributed by atoms with Crippen LogP contribution in [-0.2, 0) is 16.1 Å². The fraction of sp³-hybridized carbons (Fsp3) is 0.583. The molecule has 1 aromatic heterocycles. The van der Waals surface area contributed by atoms with E-state index in [0.717, 1.165) is 0 Å². The summed E-state index contributed by atoms with van der Waals surface area (Å²) >= 11 is 0. The minimum atomic E-state index is -4.22. The van der Waals surface area contributed by atoms with Gasteiger partial charge in [0.15, 0.2) is 5.82 Å². The van der Waals surface area contributed by atoms with Crippen molar-refractivity contribution in [2.24, 2.45) is 0 Å². The standard InChI is InChI=1S/C12H14F4N2O3/c1-3-21-10(19)8-4-17-9(18-7(8)2)5-20-6-12(15,16)11(13)14/h4,11H,3,5-6H2,1-2H3. The number of hydrogen-bond donors (Lipinski definition) is 0. The van der Waals surface area contributed by atoms with Crippen molar-refractivity contribution in [3.63, 3.8) is 0 Å². The number of nitrogens with zero attached hydrogens (tertiary/aromatic N) is 2. The van der Waals surface area contributed by atoms with Crippen LogP contribution in [0.1, 0.15) is 28.8 Å². The zero-order valence-electron chi connectivity index (χ0n) is 11.4. The van der Waals surface area contributed by atoms with Crippen LogP contribution in [-0.4, -0.2) is 41.5 Å². The molecule has 1 rings (SSSR count). The number of carbonyl (C=O) groups excluding carboxylic acids is 1. The molecule has 0 saturated carbocycles. The fourth-order valence-electron chi connectivity index (χ4n) is 1.34. The number of ether oxygens (including phenoxy) is 2. The van der Waals surface area contributed by atoms with Crippen molar-refractivity contribution in [1.29, 1.82) is 0 Å². The Hall–Kier alpha value is -1.77. The van der Waals surface area contributed by atoms with Gasteiger partial charge in [-0.2, -0.15) is 8.78 Å². The van der Waals surface area contributed by atoms with Gasteiger partial charge in [0.25, 0.3) is 0 Å². The number of esters is 1. The van der Waals surface area contributed by atoms with Gasteiger partial charge in [-0.05, 0) is 13.8 Å². The normalized spacial score (nSPS) is 11.8. The molecule has 5 nitrogen and oxygen atoms in total. The van der Waals surface area contributed by atoms with Gasteiger partial charge in [0.2, 0.25) is 0 Å². The van der Waals surface area contributed by atoms with Gasteiger partial charge in [-0.1, -0.05) is 0 Å². The van der Waals surface area contributed by atoms with Crippen molar-refractivity contribution in [2.75, 3.05) is 13.2 Å². The van der Waals surface area contributed by atoms with Gasteiger partial charge < -0.3 is 9.47 Å². The van der Waals surface area contributed by atoms with E-state index < -0.39 is 31.5 Å². The molecular formula is C12H14F4N2O3. The number of carbonyl (C=O) groups is 1. The molecule has 0 aliphatic carbocycles. The highest BCUT2D eigenvalue weighted by Crippen LogP contribution is 2.23. The zero-order chi connectivity index (χ0) is 16.0. The second kappa shape index (κ2) is 7.30. The number of aryl methyl sites for hydroxylation is 1. The molecule has 0 unspecified atom stereocenters. The number of aromatic nitrogens is 2. The number of rotatable bonds is 7. The lowest BCUT2D eigenvalue weighted by molar-refractivity contribution is -0.168. The Morgan fingerprint density at radius 2 is 2.10 bits per heavy atom. The van der Waals surface area contributed by atoms with Gasteiger partial charge in [-0.3, -0.25) is 0 Å². The second-order valence-corrected chi connectivity index (χ2v) is 4.06. The molecule has 0 bridgehead atoms. The van der Waals surface area contributed by atoms with Crippen LogP contribution in [0.5, 0.6) is 0 Å². The third-order valence-corrected chi connectivity index (χ3v) is 2.37. The minimum Gasteiger partial charge on any atom is -0.462 e. The van der Waals surface area contributed by atoms with E-state index in [1.54, 1.807) is 6.92 Å². The molecule has 0 N–H and O–H groups in total. The van der Waals surface area contributed by atoms with Gasteiger partial charge in [0.05, 0.1) is 17.9 Å². The Bertz CT molecular complexity index is 497. The van der Waals surface area contributed by atoms with Crippen LogP contribution in [0.25, 0.3) is 0 Å². The molecule has 1 aromatic rings. The Labute approximate surface area is 118 Å². The summed E-state index contributed by atoms with van der Waals surface area (Å²) < 4.78 is 58.3. The largest absolute Gasteiger partial charge is 0.462 e. The van der Waals surface area contributed by atoms with Crippen molar-refractivity contribution >= 4 is 5.97 Å². The quantitative estimate of drug-likeness (QED) is 0.571. The lowest BCUT2D eigenvalue weighted by Crippen LogP contribution is -2.32. The first kappa shape index (κ1) is 17.3. The Kier molecular flexibility index (Phi) is 6.01. The lowest BCUT2D eigenvalue weighted by atomic mass is 10.2. The van der Waals surface area contributed by atoms with E-state index in [1.165, 1.54) is 13.1 Å². The van der Waals surface area contributed by atoms with Gasteiger partial charge >= 0.3 is 18.3 Å². The number of halogens is 4. The smallest absolute Gasteiger partial charge is 0.341 e. The van der Waals surface area contributed by atoms with E-state index in [9.17, 15) is 22.4 Å². The average molecular weight is 310 g/mol. The van der Waals surface area contributed by atoms with E-state index in [0.29, 0.717) is 0 Å². The summed E-state index contributed by atoms with van der Waals surface area (Å²) in [6, 6.07) is 0. The molecule has 118 valence electrons. The maximum absolute atomic E-state index is 12.6. The molecule has 9 heteroatoms. The van der Waals surface area contributed by atoms with Crippen molar-refractivity contribution < 1.29 is 31.8 Å². The monoisotopic (exact) mass is 310 g/mol. The average Bonchev–Trinajstić information content (AvgIpc) is 2.38. The van der Waals surface area contributed by atoms with E-state index in [4.69, 9.17) is 4.74 Å². The van der Waals surface area contributed by atoms with Crippen LogP contribution in [0.3, 0.4) is 0 Å². The summed E-state index contributed by atoms with van der Waals surface area (Å²) in [5, 5.41) is 0. The summed E-state index contributed by atoms with van der Waals surface area (Å²) in [6.07, 6.45) is -2.63. The van der Waals surface area contributed by atoms with E-state index in [-0.39, 0.29) is 23.7 Å². The molecule has 21 heavy (non-hydrogen) atoms. The highest BCUT2D eigenvalue weighted by molar-refractivity contribution is 5.90. The maximum atomic E-state index is 12.6. The topological polar surface area (TPSA) is 61.3 Å². The van der Waals surface area contributed by atoms with E-state index >= 15 is 0 Å². The third-order valence-electron chi connectivity index (χ3n) is 2.37. The molecule has 0 atom stereocenters. The van der Waals surface area contributed by atoms with Crippen LogP contribution < -0.4 is 0 Å². The van der Waals surface area contributed by atoms with Crippen molar-refractivity contribution in [3.8, 4) is 0 Å². The minimum absolute atomic E-state index is 0.00520. The van der Waals surface area contributed by atoms with Crippen LogP contribution in [0.2, 0.25) is 0 Å². The van der Waals surface area contributed by atoms with E-state index in [2.05, 4.69) is 14.7 Å². The van der Waals surface area contributed by atoms with Crippen LogP contribution in [0.4, 0.5) is 17.6 Å². The second-order valence-electron chi connectivity index (χ2n) is 4.06. The predicted molar refractivity (Wildman–Crippen MR) is 63.3 cm³/mol. The Morgan fingerprint density at radius 3 is 2.62 bits per heavy atom. The molecule has 0 aliphatic rings.